The molecule has 0 aromatic heterocycles. The molecule has 9 nitrogen and oxygen atoms in total. The molecule has 0 radical (unpaired) electrons. The molecule has 198 valence electrons. The number of allylic oxidation sites excluding steroid dienone is 4. The number of ether oxygens (including phenoxy) is 3. The van der Waals surface area contributed by atoms with E-state index in [-0.39, 0.29) is 49.2 Å². The fourth-order valence-electron chi connectivity index (χ4n) is 7.74. The van der Waals surface area contributed by atoms with Crippen LogP contribution in [0.1, 0.15) is 58.8 Å². The van der Waals surface area contributed by atoms with Crippen LogP contribution < -0.4 is 0 Å². The van der Waals surface area contributed by atoms with Crippen LogP contribution >= 0.6 is 0 Å². The van der Waals surface area contributed by atoms with Crippen molar-refractivity contribution in [3.8, 4) is 0 Å². The van der Waals surface area contributed by atoms with Crippen LogP contribution in [0.2, 0.25) is 0 Å². The minimum Gasteiger partial charge on any atom is -0.469 e. The van der Waals surface area contributed by atoms with Crippen LogP contribution in [-0.4, -0.2) is 65.9 Å². The second-order valence-corrected chi connectivity index (χ2v) is 11.1. The average Bonchev–Trinajstić information content (AvgIpc) is 3.11. The van der Waals surface area contributed by atoms with Crippen LogP contribution in [0, 0.1) is 28.6 Å². The van der Waals surface area contributed by atoms with Crippen molar-refractivity contribution in [2.75, 3.05) is 14.2 Å². The Hall–Kier alpha value is -2.52. The molecule has 0 aromatic carbocycles. The maximum atomic E-state index is 12.8. The van der Waals surface area contributed by atoms with Crippen molar-refractivity contribution in [1.29, 1.82) is 0 Å². The molecule has 0 saturated heterocycles. The molecule has 0 aliphatic heterocycles. The van der Waals surface area contributed by atoms with Crippen LogP contribution in [0.25, 0.3) is 0 Å². The molecule has 2 N–H and O–H groups in total. The molecule has 0 heterocycles. The van der Waals surface area contributed by atoms with Crippen molar-refractivity contribution < 1.29 is 43.6 Å². The molecule has 8 atom stereocenters. The van der Waals surface area contributed by atoms with E-state index in [0.29, 0.717) is 12.8 Å². The lowest BCUT2D eigenvalue weighted by atomic mass is 9.46. The van der Waals surface area contributed by atoms with Gasteiger partial charge in [-0.05, 0) is 56.1 Å². The Morgan fingerprint density at radius 2 is 1.81 bits per heavy atom. The van der Waals surface area contributed by atoms with Crippen molar-refractivity contribution in [2.45, 2.75) is 76.6 Å². The van der Waals surface area contributed by atoms with E-state index < -0.39 is 46.5 Å². The van der Waals surface area contributed by atoms with Gasteiger partial charge in [-0.1, -0.05) is 25.5 Å². The molecule has 0 amide bonds. The number of carbonyl (C=O) groups excluding carboxylic acids is 4. The largest absolute Gasteiger partial charge is 0.469 e. The third-order valence-electron chi connectivity index (χ3n) is 9.57. The molecule has 4 aliphatic rings. The Kier molecular flexibility index (Phi) is 6.94. The molecule has 0 unspecified atom stereocenters. The lowest BCUT2D eigenvalue weighted by Gasteiger charge is -2.60. The Labute approximate surface area is 210 Å². The van der Waals surface area contributed by atoms with Gasteiger partial charge in [-0.15, -0.1) is 0 Å². The zero-order valence-electron chi connectivity index (χ0n) is 21.3. The summed E-state index contributed by atoms with van der Waals surface area (Å²) in [7, 11) is 2.37. The van der Waals surface area contributed by atoms with Gasteiger partial charge in [-0.25, -0.2) is 4.79 Å². The summed E-state index contributed by atoms with van der Waals surface area (Å²) >= 11 is 0. The van der Waals surface area contributed by atoms with Gasteiger partial charge in [0.15, 0.2) is 5.78 Å². The number of fused-ring (bicyclic) bond motifs is 5. The summed E-state index contributed by atoms with van der Waals surface area (Å²) in [4.78, 5) is 48.8. The molecule has 4 aliphatic carbocycles. The second kappa shape index (κ2) is 9.41. The number of methoxy groups -OCH3 is 2. The van der Waals surface area contributed by atoms with E-state index in [0.717, 1.165) is 19.1 Å². The van der Waals surface area contributed by atoms with E-state index in [4.69, 9.17) is 9.47 Å². The molecule has 0 spiro atoms. The predicted molar refractivity (Wildman–Crippen MR) is 126 cm³/mol. The lowest BCUT2D eigenvalue weighted by Crippen LogP contribution is -2.64. The van der Waals surface area contributed by atoms with E-state index in [2.05, 4.69) is 11.7 Å². The SMILES string of the molecule is COC(=O)CCC(=O)O[C@H](C(=O)OC)[C@@]1(O)CC[C@H]2[C@@H]3CCC4=CC(=O)C=C[C@]4(C)[C@H]3[C@@H](O)C[C@@]21C. The first-order chi connectivity index (χ1) is 16.9. The van der Waals surface area contributed by atoms with Gasteiger partial charge in [0, 0.05) is 16.7 Å². The molecule has 0 bridgehead atoms. The second-order valence-electron chi connectivity index (χ2n) is 11.1. The predicted octanol–water partition coefficient (Wildman–Crippen LogP) is 2.03. The minimum atomic E-state index is -1.76. The van der Waals surface area contributed by atoms with Gasteiger partial charge < -0.3 is 24.4 Å². The standard InChI is InChI=1S/C27H36O9/c1-25-11-9-16(28)13-15(25)5-6-17-18-10-12-27(33,26(18,2)14-19(29)22(17)25)23(24(32)35-4)36-21(31)8-7-20(30)34-3/h9,11,13,17-19,22-23,29,33H,5-8,10,12,14H2,1-4H3/t17-,18-,19-,22+,23+,25-,26-,27-/m0/s1. The quantitative estimate of drug-likeness (QED) is 0.411. The van der Waals surface area contributed by atoms with Crippen molar-refractivity contribution in [1.82, 2.24) is 0 Å². The lowest BCUT2D eigenvalue weighted by molar-refractivity contribution is -0.219. The zero-order chi connectivity index (χ0) is 26.5. The first kappa shape index (κ1) is 26.5. The maximum absolute atomic E-state index is 12.8. The number of ketones is 1. The van der Waals surface area contributed by atoms with Gasteiger partial charge in [0.25, 0.3) is 0 Å². The molecule has 4 rings (SSSR count). The van der Waals surface area contributed by atoms with E-state index in [1.807, 2.05) is 13.0 Å². The molecule has 3 saturated carbocycles. The van der Waals surface area contributed by atoms with Crippen LogP contribution in [0.5, 0.6) is 0 Å². The Morgan fingerprint density at radius 1 is 1.11 bits per heavy atom. The fourth-order valence-corrected chi connectivity index (χ4v) is 7.74. The number of hydrogen-bond donors (Lipinski definition) is 2. The van der Waals surface area contributed by atoms with E-state index in [1.54, 1.807) is 12.2 Å². The highest BCUT2D eigenvalue weighted by Gasteiger charge is 2.70. The van der Waals surface area contributed by atoms with Crippen LogP contribution in [0.3, 0.4) is 0 Å². The number of aliphatic hydroxyl groups is 2. The van der Waals surface area contributed by atoms with Gasteiger partial charge in [0.2, 0.25) is 6.10 Å². The number of aliphatic hydroxyl groups excluding tert-OH is 1. The normalized spacial score (nSPS) is 39.7. The van der Waals surface area contributed by atoms with Gasteiger partial charge in [-0.3, -0.25) is 14.4 Å². The monoisotopic (exact) mass is 504 g/mol. The molecule has 0 aromatic rings. The smallest absolute Gasteiger partial charge is 0.350 e. The summed E-state index contributed by atoms with van der Waals surface area (Å²) < 4.78 is 14.9. The highest BCUT2D eigenvalue weighted by Crippen LogP contribution is 2.67. The average molecular weight is 505 g/mol. The van der Waals surface area contributed by atoms with Gasteiger partial charge >= 0.3 is 17.9 Å². The molecular weight excluding hydrogens is 468 g/mol. The fraction of sp³-hybridized carbons (Fsp3) is 0.704. The first-order valence-electron chi connectivity index (χ1n) is 12.6. The highest BCUT2D eigenvalue weighted by molar-refractivity contribution is 6.01. The van der Waals surface area contributed by atoms with Gasteiger partial charge in [-0.2, -0.15) is 0 Å². The summed E-state index contributed by atoms with van der Waals surface area (Å²) in [6.45, 7) is 3.92. The molecule has 3 fully saturated rings. The van der Waals surface area contributed by atoms with Crippen LogP contribution in [0.15, 0.2) is 23.8 Å². The number of hydrogen-bond acceptors (Lipinski definition) is 9. The molecule has 36 heavy (non-hydrogen) atoms. The van der Waals surface area contributed by atoms with E-state index in [9.17, 15) is 29.4 Å². The van der Waals surface area contributed by atoms with E-state index >= 15 is 0 Å². The number of esters is 3. The van der Waals surface area contributed by atoms with Crippen molar-refractivity contribution >= 4 is 23.7 Å². The summed E-state index contributed by atoms with van der Waals surface area (Å²) in [6.07, 6.45) is 4.71. The topological polar surface area (TPSA) is 136 Å². The van der Waals surface area contributed by atoms with Gasteiger partial charge in [0.1, 0.15) is 5.60 Å². The Balaban J connectivity index is 1.63. The van der Waals surface area contributed by atoms with Crippen molar-refractivity contribution in [3.63, 3.8) is 0 Å². The summed E-state index contributed by atoms with van der Waals surface area (Å²) in [5.74, 6) is -2.46. The van der Waals surface area contributed by atoms with Gasteiger partial charge in [0.05, 0.1) is 33.2 Å². The summed E-state index contributed by atoms with van der Waals surface area (Å²) in [6, 6.07) is 0. The Morgan fingerprint density at radius 3 is 2.47 bits per heavy atom. The third kappa shape index (κ3) is 4.00. The Bertz CT molecular complexity index is 1010. The first-order valence-corrected chi connectivity index (χ1v) is 12.6. The number of carbonyl (C=O) groups is 4. The summed E-state index contributed by atoms with van der Waals surface area (Å²) in [5, 5.41) is 23.6. The number of rotatable bonds is 6. The minimum absolute atomic E-state index is 0.0405. The highest BCUT2D eigenvalue weighted by atomic mass is 16.6. The van der Waals surface area contributed by atoms with Crippen LogP contribution in [0.4, 0.5) is 0 Å². The van der Waals surface area contributed by atoms with E-state index in [1.165, 1.54) is 7.11 Å². The summed E-state index contributed by atoms with van der Waals surface area (Å²) in [5.41, 5.74) is -2.12. The van der Waals surface area contributed by atoms with Crippen molar-refractivity contribution in [3.05, 3.63) is 23.8 Å². The zero-order valence-corrected chi connectivity index (χ0v) is 21.3. The third-order valence-corrected chi connectivity index (χ3v) is 9.57. The maximum Gasteiger partial charge on any atom is 0.350 e. The van der Waals surface area contributed by atoms with Crippen molar-refractivity contribution in [2.24, 2.45) is 28.6 Å². The molecule has 9 heteroatoms. The van der Waals surface area contributed by atoms with Crippen LogP contribution in [-0.2, 0) is 33.4 Å². The molecular formula is C27H36O9.